The Morgan fingerprint density at radius 2 is 1.97 bits per heavy atom. The number of rotatable bonds is 7. The van der Waals surface area contributed by atoms with Crippen LogP contribution in [-0.4, -0.2) is 63.5 Å². The molecule has 2 aliphatic rings. The van der Waals surface area contributed by atoms with E-state index in [0.717, 1.165) is 17.9 Å². The molecule has 2 aromatic carbocycles. The maximum Gasteiger partial charge on any atom is 0.171 e. The fraction of sp³-hybridized carbons (Fsp3) is 0.360. The van der Waals surface area contributed by atoms with E-state index in [9.17, 15) is 0 Å². The SMILES string of the molecule is CN(Cc1ccccc1)Cc1cn([C@H]2CO[C@H]3[C@@H]2OC[C@@H]3NC(=S)Nc2cccc(C#N)c2)nn1. The molecule has 0 radical (unpaired) electrons. The molecule has 180 valence electrons. The van der Waals surface area contributed by atoms with Gasteiger partial charge < -0.3 is 20.1 Å². The van der Waals surface area contributed by atoms with Gasteiger partial charge in [-0.1, -0.05) is 41.6 Å². The maximum absolute atomic E-state index is 9.08. The third kappa shape index (κ3) is 5.49. The summed E-state index contributed by atoms with van der Waals surface area (Å²) in [7, 11) is 2.07. The lowest BCUT2D eigenvalue weighted by molar-refractivity contribution is 0.0624. The molecule has 3 heterocycles. The van der Waals surface area contributed by atoms with Gasteiger partial charge in [-0.05, 0) is 43.0 Å². The van der Waals surface area contributed by atoms with Crippen LogP contribution in [-0.2, 0) is 22.6 Å². The molecule has 0 unspecified atom stereocenters. The Morgan fingerprint density at radius 3 is 2.80 bits per heavy atom. The van der Waals surface area contributed by atoms with Gasteiger partial charge in [-0.15, -0.1) is 5.10 Å². The van der Waals surface area contributed by atoms with E-state index in [-0.39, 0.29) is 24.3 Å². The zero-order chi connectivity index (χ0) is 24.2. The van der Waals surface area contributed by atoms with Crippen LogP contribution in [0.4, 0.5) is 5.69 Å². The summed E-state index contributed by atoms with van der Waals surface area (Å²) in [5, 5.41) is 24.7. The van der Waals surface area contributed by atoms with Crippen LogP contribution >= 0.6 is 12.2 Å². The number of aromatic nitrogens is 3. The number of nitrogens with zero attached hydrogens (tertiary/aromatic N) is 5. The zero-order valence-electron chi connectivity index (χ0n) is 19.4. The topological polar surface area (TPSA) is 100 Å². The van der Waals surface area contributed by atoms with Gasteiger partial charge in [-0.2, -0.15) is 5.26 Å². The van der Waals surface area contributed by atoms with Crippen molar-refractivity contribution in [2.24, 2.45) is 0 Å². The van der Waals surface area contributed by atoms with Crippen molar-refractivity contribution in [1.29, 1.82) is 5.26 Å². The highest BCUT2D eigenvalue weighted by molar-refractivity contribution is 7.80. The molecule has 4 atom stereocenters. The van der Waals surface area contributed by atoms with E-state index >= 15 is 0 Å². The minimum atomic E-state index is -0.140. The van der Waals surface area contributed by atoms with Gasteiger partial charge >= 0.3 is 0 Å². The average Bonchev–Trinajstić information content (AvgIpc) is 3.58. The number of hydrogen-bond donors (Lipinski definition) is 2. The van der Waals surface area contributed by atoms with Gasteiger partial charge in [-0.3, -0.25) is 4.90 Å². The fourth-order valence-corrected chi connectivity index (χ4v) is 4.88. The number of fused-ring (bicyclic) bond motifs is 1. The van der Waals surface area contributed by atoms with E-state index < -0.39 is 0 Å². The van der Waals surface area contributed by atoms with Crippen molar-refractivity contribution in [2.75, 3.05) is 25.6 Å². The van der Waals surface area contributed by atoms with Crippen LogP contribution in [0.1, 0.15) is 22.9 Å². The van der Waals surface area contributed by atoms with Crippen molar-refractivity contribution in [3.8, 4) is 6.07 Å². The molecule has 0 saturated carbocycles. The van der Waals surface area contributed by atoms with E-state index in [4.69, 9.17) is 27.0 Å². The number of anilines is 1. The molecule has 2 aliphatic heterocycles. The first-order valence-corrected chi connectivity index (χ1v) is 11.9. The fourth-order valence-electron chi connectivity index (χ4n) is 4.61. The first-order chi connectivity index (χ1) is 17.1. The number of nitriles is 1. The lowest BCUT2D eigenvalue weighted by Crippen LogP contribution is -2.45. The molecule has 0 bridgehead atoms. The van der Waals surface area contributed by atoms with Gasteiger partial charge in [0.05, 0.1) is 42.8 Å². The number of nitrogens with one attached hydrogen (secondary N) is 2. The smallest absolute Gasteiger partial charge is 0.171 e. The van der Waals surface area contributed by atoms with Crippen LogP contribution in [0.25, 0.3) is 0 Å². The summed E-state index contributed by atoms with van der Waals surface area (Å²) in [4.78, 5) is 2.21. The van der Waals surface area contributed by atoms with E-state index in [2.05, 4.69) is 63.2 Å². The summed E-state index contributed by atoms with van der Waals surface area (Å²) in [6, 6.07) is 19.6. The molecule has 2 N–H and O–H groups in total. The molecule has 1 aromatic heterocycles. The molecule has 10 heteroatoms. The Morgan fingerprint density at radius 1 is 1.14 bits per heavy atom. The van der Waals surface area contributed by atoms with E-state index in [1.807, 2.05) is 29.1 Å². The highest BCUT2D eigenvalue weighted by atomic mass is 32.1. The molecule has 35 heavy (non-hydrogen) atoms. The van der Waals surface area contributed by atoms with Crippen LogP contribution < -0.4 is 10.6 Å². The molecule has 5 rings (SSSR count). The molecular weight excluding hydrogens is 462 g/mol. The highest BCUT2D eigenvalue weighted by Gasteiger charge is 2.49. The Hall–Kier alpha value is -3.36. The van der Waals surface area contributed by atoms with Crippen molar-refractivity contribution < 1.29 is 9.47 Å². The van der Waals surface area contributed by atoms with Crippen molar-refractivity contribution in [1.82, 2.24) is 25.2 Å². The molecule has 2 saturated heterocycles. The minimum Gasteiger partial charge on any atom is -0.371 e. The van der Waals surface area contributed by atoms with Crippen LogP contribution in [0, 0.1) is 11.3 Å². The van der Waals surface area contributed by atoms with Gasteiger partial charge in [0.1, 0.15) is 18.2 Å². The van der Waals surface area contributed by atoms with E-state index in [1.54, 1.807) is 12.1 Å². The van der Waals surface area contributed by atoms with Crippen molar-refractivity contribution in [3.05, 3.63) is 77.6 Å². The summed E-state index contributed by atoms with van der Waals surface area (Å²) < 4.78 is 14.1. The summed E-state index contributed by atoms with van der Waals surface area (Å²) in [6.07, 6.45) is 1.71. The molecule has 0 spiro atoms. The molecule has 0 aliphatic carbocycles. The quantitative estimate of drug-likeness (QED) is 0.485. The number of benzene rings is 2. The molecular formula is C25H27N7O2S. The largest absolute Gasteiger partial charge is 0.371 e. The Labute approximate surface area is 209 Å². The lowest BCUT2D eigenvalue weighted by atomic mass is 10.1. The predicted octanol–water partition coefficient (Wildman–Crippen LogP) is 2.48. The normalized spacial score (nSPS) is 23.1. The molecule has 9 nitrogen and oxygen atoms in total. The van der Waals surface area contributed by atoms with Crippen LogP contribution in [0.5, 0.6) is 0 Å². The maximum atomic E-state index is 9.08. The Balaban J connectivity index is 1.15. The molecule has 2 fully saturated rings. The van der Waals surface area contributed by atoms with Gasteiger partial charge in [0.2, 0.25) is 0 Å². The van der Waals surface area contributed by atoms with Gasteiger partial charge in [0, 0.05) is 18.8 Å². The summed E-state index contributed by atoms with van der Waals surface area (Å²) in [5.41, 5.74) is 3.50. The van der Waals surface area contributed by atoms with Crippen LogP contribution in [0.2, 0.25) is 0 Å². The third-order valence-electron chi connectivity index (χ3n) is 6.22. The second-order valence-electron chi connectivity index (χ2n) is 8.91. The second kappa shape index (κ2) is 10.5. The molecule has 3 aromatic rings. The second-order valence-corrected chi connectivity index (χ2v) is 9.32. The van der Waals surface area contributed by atoms with E-state index in [1.165, 1.54) is 5.56 Å². The van der Waals surface area contributed by atoms with Crippen molar-refractivity contribution in [3.63, 3.8) is 0 Å². The predicted molar refractivity (Wildman–Crippen MR) is 134 cm³/mol. The van der Waals surface area contributed by atoms with Gasteiger partial charge in [-0.25, -0.2) is 4.68 Å². The van der Waals surface area contributed by atoms with Crippen molar-refractivity contribution in [2.45, 2.75) is 37.4 Å². The standard InChI is InChI=1S/C25H27N7O2S/c1-31(12-17-6-3-2-4-7-17)13-20-14-32(30-29-20)22-16-34-23-21(15-33-24(22)23)28-25(35)27-19-9-5-8-18(10-19)11-26/h2-10,14,21-24H,12-13,15-16H2,1H3,(H2,27,28,35)/t21-,22-,23+,24+/m0/s1. The first-order valence-electron chi connectivity index (χ1n) is 11.5. The van der Waals surface area contributed by atoms with Crippen LogP contribution in [0.15, 0.2) is 60.8 Å². The molecule has 0 amide bonds. The Bertz CT molecular complexity index is 1210. The summed E-state index contributed by atoms with van der Waals surface area (Å²) >= 11 is 5.48. The number of ether oxygens (including phenoxy) is 2. The zero-order valence-corrected chi connectivity index (χ0v) is 20.2. The Kier molecular flexibility index (Phi) is 7.01. The number of hydrogen-bond acceptors (Lipinski definition) is 7. The van der Waals surface area contributed by atoms with Gasteiger partial charge in [0.15, 0.2) is 5.11 Å². The van der Waals surface area contributed by atoms with Crippen LogP contribution in [0.3, 0.4) is 0 Å². The minimum absolute atomic E-state index is 0.0404. The summed E-state index contributed by atoms with van der Waals surface area (Å²) in [6.45, 7) is 2.53. The summed E-state index contributed by atoms with van der Waals surface area (Å²) in [5.74, 6) is 0. The third-order valence-corrected chi connectivity index (χ3v) is 6.44. The van der Waals surface area contributed by atoms with Crippen molar-refractivity contribution >= 4 is 23.0 Å². The monoisotopic (exact) mass is 489 g/mol. The highest BCUT2D eigenvalue weighted by Crippen LogP contribution is 2.34. The average molecular weight is 490 g/mol. The first kappa shape index (κ1) is 23.4. The lowest BCUT2D eigenvalue weighted by Gasteiger charge is -2.20. The van der Waals surface area contributed by atoms with Gasteiger partial charge in [0.25, 0.3) is 0 Å². The van der Waals surface area contributed by atoms with E-state index in [0.29, 0.717) is 30.4 Å². The number of thiocarbonyl (C=S) groups is 1.